The van der Waals surface area contributed by atoms with Crippen LogP contribution in [0.1, 0.15) is 10.4 Å². The van der Waals surface area contributed by atoms with Crippen molar-refractivity contribution in [2.24, 2.45) is 0 Å². The molecule has 0 saturated heterocycles. The summed E-state index contributed by atoms with van der Waals surface area (Å²) < 4.78 is 40.1. The molecule has 0 heterocycles. The molecule has 0 unspecified atom stereocenters. The van der Waals surface area contributed by atoms with E-state index >= 15 is 0 Å². The van der Waals surface area contributed by atoms with Gasteiger partial charge in [0, 0.05) is 21.6 Å². The van der Waals surface area contributed by atoms with E-state index in [1.54, 1.807) is 0 Å². The second-order valence-electron chi connectivity index (χ2n) is 3.82. The first-order valence-corrected chi connectivity index (χ1v) is 6.46. The van der Waals surface area contributed by atoms with Gasteiger partial charge in [-0.05, 0) is 34.1 Å². The summed E-state index contributed by atoms with van der Waals surface area (Å²) in [4.78, 5) is 11.8. The molecule has 0 aliphatic heterocycles. The molecule has 0 saturated carbocycles. The van der Waals surface area contributed by atoms with Crippen molar-refractivity contribution in [3.8, 4) is 0 Å². The van der Waals surface area contributed by atoms with E-state index in [0.717, 1.165) is 0 Å². The maximum atomic E-state index is 13.5. The number of carbonyl (C=O) groups excluding carboxylic acids is 1. The van der Waals surface area contributed by atoms with Gasteiger partial charge in [-0.2, -0.15) is 0 Å². The van der Waals surface area contributed by atoms with Crippen LogP contribution in [0.5, 0.6) is 0 Å². The van der Waals surface area contributed by atoms with Crippen molar-refractivity contribution in [2.75, 3.05) is 5.32 Å². The topological polar surface area (TPSA) is 29.1 Å². The monoisotopic (exact) mass is 363 g/mol. The number of halogens is 5. The van der Waals surface area contributed by atoms with Crippen LogP contribution < -0.4 is 5.32 Å². The van der Waals surface area contributed by atoms with Crippen molar-refractivity contribution in [3.63, 3.8) is 0 Å². The van der Waals surface area contributed by atoms with E-state index in [0.29, 0.717) is 21.6 Å². The van der Waals surface area contributed by atoms with E-state index in [1.807, 2.05) is 0 Å². The van der Waals surface area contributed by atoms with Gasteiger partial charge < -0.3 is 5.32 Å². The molecule has 0 aliphatic carbocycles. The Bertz CT molecular complexity index is 670. The SMILES string of the molecule is O=C(Nc1ccc(Cl)cc1Br)c1c(F)cc(F)cc1F. The summed E-state index contributed by atoms with van der Waals surface area (Å²) in [6, 6.07) is 5.35. The Morgan fingerprint density at radius 3 is 2.25 bits per heavy atom. The van der Waals surface area contributed by atoms with E-state index in [1.165, 1.54) is 18.2 Å². The number of benzene rings is 2. The summed E-state index contributed by atoms with van der Waals surface area (Å²) in [6.07, 6.45) is 0. The van der Waals surface area contributed by atoms with Crippen LogP contribution in [0.2, 0.25) is 5.02 Å². The number of carbonyl (C=O) groups is 1. The third-order valence-corrected chi connectivity index (χ3v) is 3.30. The maximum Gasteiger partial charge on any atom is 0.261 e. The second kappa shape index (κ2) is 5.85. The number of anilines is 1. The minimum absolute atomic E-state index is 0.280. The summed E-state index contributed by atoms with van der Waals surface area (Å²) in [7, 11) is 0. The van der Waals surface area contributed by atoms with Gasteiger partial charge in [-0.1, -0.05) is 11.6 Å². The highest BCUT2D eigenvalue weighted by Crippen LogP contribution is 2.27. The predicted molar refractivity (Wildman–Crippen MR) is 73.4 cm³/mol. The third-order valence-electron chi connectivity index (χ3n) is 2.41. The molecule has 20 heavy (non-hydrogen) atoms. The Morgan fingerprint density at radius 2 is 1.70 bits per heavy atom. The van der Waals surface area contributed by atoms with Crippen molar-refractivity contribution >= 4 is 39.1 Å². The van der Waals surface area contributed by atoms with Gasteiger partial charge >= 0.3 is 0 Å². The summed E-state index contributed by atoms with van der Waals surface area (Å²) in [5.41, 5.74) is -0.573. The molecule has 0 spiro atoms. The molecule has 7 heteroatoms. The molecule has 2 aromatic carbocycles. The first kappa shape index (κ1) is 14.9. The summed E-state index contributed by atoms with van der Waals surface area (Å²) in [6.45, 7) is 0. The van der Waals surface area contributed by atoms with Crippen LogP contribution in [-0.2, 0) is 0 Å². The van der Waals surface area contributed by atoms with Crippen LogP contribution >= 0.6 is 27.5 Å². The van der Waals surface area contributed by atoms with Gasteiger partial charge in [-0.25, -0.2) is 13.2 Å². The third kappa shape index (κ3) is 3.13. The zero-order valence-corrected chi connectivity index (χ0v) is 12.0. The van der Waals surface area contributed by atoms with Crippen molar-refractivity contribution in [1.82, 2.24) is 0 Å². The maximum absolute atomic E-state index is 13.5. The zero-order chi connectivity index (χ0) is 14.9. The van der Waals surface area contributed by atoms with Crippen LogP contribution in [0.25, 0.3) is 0 Å². The molecule has 0 aliphatic rings. The molecule has 2 rings (SSSR count). The Kier molecular flexibility index (Phi) is 4.35. The summed E-state index contributed by atoms with van der Waals surface area (Å²) >= 11 is 8.88. The van der Waals surface area contributed by atoms with Crippen LogP contribution in [0.3, 0.4) is 0 Å². The van der Waals surface area contributed by atoms with Gasteiger partial charge in [-0.15, -0.1) is 0 Å². The van der Waals surface area contributed by atoms with Crippen LogP contribution in [0.15, 0.2) is 34.8 Å². The van der Waals surface area contributed by atoms with Crippen LogP contribution in [0, 0.1) is 17.5 Å². The molecular formula is C13H6BrClF3NO. The predicted octanol–water partition coefficient (Wildman–Crippen LogP) is 4.77. The van der Waals surface area contributed by atoms with Gasteiger partial charge in [0.2, 0.25) is 0 Å². The Hall–Kier alpha value is -1.53. The molecule has 0 aromatic heterocycles. The summed E-state index contributed by atoms with van der Waals surface area (Å²) in [5, 5.41) is 2.73. The van der Waals surface area contributed by atoms with Gasteiger partial charge in [-0.3, -0.25) is 4.79 Å². The Labute approximate surface area is 125 Å². The lowest BCUT2D eigenvalue weighted by Gasteiger charge is -2.09. The largest absolute Gasteiger partial charge is 0.321 e. The van der Waals surface area contributed by atoms with Gasteiger partial charge in [0.05, 0.1) is 5.69 Å². The number of hydrogen-bond acceptors (Lipinski definition) is 1. The summed E-state index contributed by atoms with van der Waals surface area (Å²) in [5.74, 6) is -4.66. The smallest absolute Gasteiger partial charge is 0.261 e. The molecule has 1 amide bonds. The second-order valence-corrected chi connectivity index (χ2v) is 5.11. The Balaban J connectivity index is 2.33. The minimum Gasteiger partial charge on any atom is -0.321 e. The van der Waals surface area contributed by atoms with E-state index in [2.05, 4.69) is 21.2 Å². The van der Waals surface area contributed by atoms with Crippen LogP contribution in [-0.4, -0.2) is 5.91 Å². The molecule has 0 bridgehead atoms. The molecule has 0 fully saturated rings. The molecule has 2 aromatic rings. The highest BCUT2D eigenvalue weighted by molar-refractivity contribution is 9.10. The van der Waals surface area contributed by atoms with Crippen molar-refractivity contribution < 1.29 is 18.0 Å². The van der Waals surface area contributed by atoms with Gasteiger partial charge in [0.25, 0.3) is 5.91 Å². The fourth-order valence-electron chi connectivity index (χ4n) is 1.53. The van der Waals surface area contributed by atoms with Crippen molar-refractivity contribution in [2.45, 2.75) is 0 Å². The minimum atomic E-state index is -1.27. The average Bonchev–Trinajstić information content (AvgIpc) is 2.31. The quantitative estimate of drug-likeness (QED) is 0.817. The van der Waals surface area contributed by atoms with E-state index in [9.17, 15) is 18.0 Å². The van der Waals surface area contributed by atoms with E-state index in [-0.39, 0.29) is 5.69 Å². The standard InChI is InChI=1S/C13H6BrClF3NO/c14-8-3-6(15)1-2-11(8)19-13(20)12-9(17)4-7(16)5-10(12)18/h1-5H,(H,19,20). The number of nitrogens with one attached hydrogen (secondary N) is 1. The fraction of sp³-hybridized carbons (Fsp3) is 0. The molecule has 2 nitrogen and oxygen atoms in total. The number of amides is 1. The molecule has 104 valence electrons. The number of rotatable bonds is 2. The highest BCUT2D eigenvalue weighted by atomic mass is 79.9. The Morgan fingerprint density at radius 1 is 1.10 bits per heavy atom. The fourth-order valence-corrected chi connectivity index (χ4v) is 2.32. The lowest BCUT2D eigenvalue weighted by Crippen LogP contribution is -2.16. The zero-order valence-electron chi connectivity index (χ0n) is 9.68. The first-order chi connectivity index (χ1) is 9.38. The molecule has 1 N–H and O–H groups in total. The van der Waals surface area contributed by atoms with Crippen molar-refractivity contribution in [1.29, 1.82) is 0 Å². The first-order valence-electron chi connectivity index (χ1n) is 5.29. The molecular weight excluding hydrogens is 359 g/mol. The molecule has 0 radical (unpaired) electrons. The normalized spacial score (nSPS) is 10.4. The average molecular weight is 365 g/mol. The van der Waals surface area contributed by atoms with Gasteiger partial charge in [0.1, 0.15) is 23.0 Å². The van der Waals surface area contributed by atoms with Crippen molar-refractivity contribution in [3.05, 3.63) is 62.8 Å². The highest BCUT2D eigenvalue weighted by Gasteiger charge is 2.19. The molecule has 0 atom stereocenters. The van der Waals surface area contributed by atoms with E-state index < -0.39 is 28.9 Å². The number of hydrogen-bond donors (Lipinski definition) is 1. The van der Waals surface area contributed by atoms with Gasteiger partial charge in [0.15, 0.2) is 0 Å². The van der Waals surface area contributed by atoms with E-state index in [4.69, 9.17) is 11.6 Å². The lowest BCUT2D eigenvalue weighted by molar-refractivity contribution is 0.101. The lowest BCUT2D eigenvalue weighted by atomic mass is 10.1. The van der Waals surface area contributed by atoms with Crippen LogP contribution in [0.4, 0.5) is 18.9 Å².